The number of carbonyl (C=O) groups excluding carboxylic acids is 1. The van der Waals surface area contributed by atoms with Gasteiger partial charge >= 0.3 is 0 Å². The van der Waals surface area contributed by atoms with E-state index in [1.54, 1.807) is 6.08 Å². The fourth-order valence-corrected chi connectivity index (χ4v) is 9.53. The molecule has 0 radical (unpaired) electrons. The Balaban J connectivity index is 1.41. The van der Waals surface area contributed by atoms with Gasteiger partial charge in [-0.2, -0.15) is 0 Å². The molecule has 19 nitrogen and oxygen atoms in total. The van der Waals surface area contributed by atoms with Crippen molar-refractivity contribution in [2.75, 3.05) is 26.4 Å². The zero-order valence-electron chi connectivity index (χ0n) is 46.2. The Labute approximate surface area is 458 Å². The number of nitrogens with one attached hydrogen (secondary N) is 1. The number of carbonyl (C=O) groups is 1. The van der Waals surface area contributed by atoms with Crippen molar-refractivity contribution in [1.29, 1.82) is 0 Å². The van der Waals surface area contributed by atoms with E-state index in [0.717, 1.165) is 89.9 Å². The highest BCUT2D eigenvalue weighted by molar-refractivity contribution is 5.76. The van der Waals surface area contributed by atoms with Crippen molar-refractivity contribution >= 4 is 5.91 Å². The summed E-state index contributed by atoms with van der Waals surface area (Å²) in [5.41, 5.74) is 0. The van der Waals surface area contributed by atoms with Crippen LogP contribution < -0.4 is 5.32 Å². The maximum absolute atomic E-state index is 13.2. The molecule has 3 aliphatic heterocycles. The summed E-state index contributed by atoms with van der Waals surface area (Å²) in [7, 11) is 0. The maximum atomic E-state index is 13.2. The molecule has 0 aromatic rings. The van der Waals surface area contributed by atoms with Crippen molar-refractivity contribution in [3.8, 4) is 0 Å². The number of ether oxygens (including phenoxy) is 6. The van der Waals surface area contributed by atoms with Gasteiger partial charge < -0.3 is 89.9 Å². The minimum absolute atomic E-state index is 0.237. The Hall–Kier alpha value is -2.51. The summed E-state index contributed by atoms with van der Waals surface area (Å²) >= 11 is 0. The SMILES string of the molecule is CC/C=C\C/C=C\C/C=C\C/C=C\CCCCCCCCCCCCCCC(=O)NC(COC1OC(CO)C(OC2OC(CO)C(OC3OC(CO)C(O)C(O)C3O)C(O)C2O)C(O)C1O)C(O)/C=C/CCCCCCC. The van der Waals surface area contributed by atoms with E-state index in [0.29, 0.717) is 6.42 Å². The third kappa shape index (κ3) is 25.9. The Morgan fingerprint density at radius 1 is 0.481 bits per heavy atom. The summed E-state index contributed by atoms with van der Waals surface area (Å²) in [6.07, 6.45) is 19.7. The summed E-state index contributed by atoms with van der Waals surface area (Å²) in [5, 5.41) is 120. The van der Waals surface area contributed by atoms with E-state index in [1.807, 2.05) is 6.08 Å². The van der Waals surface area contributed by atoms with Crippen LogP contribution in [0.1, 0.15) is 168 Å². The van der Waals surface area contributed by atoms with E-state index < -0.39 is 124 Å². The number of amides is 1. The largest absolute Gasteiger partial charge is 0.394 e. The molecule has 3 rings (SSSR count). The van der Waals surface area contributed by atoms with Crippen LogP contribution >= 0.6 is 0 Å². The second-order valence-corrected chi connectivity index (χ2v) is 20.7. The van der Waals surface area contributed by atoms with Crippen LogP contribution in [0.3, 0.4) is 0 Å². The van der Waals surface area contributed by atoms with Crippen molar-refractivity contribution in [2.24, 2.45) is 0 Å². The first-order valence-electron chi connectivity index (χ1n) is 29.0. The van der Waals surface area contributed by atoms with E-state index in [4.69, 9.17) is 28.4 Å². The van der Waals surface area contributed by atoms with Crippen LogP contribution in [0, 0.1) is 0 Å². The summed E-state index contributed by atoms with van der Waals surface area (Å²) in [6, 6.07) is -0.973. The number of hydrogen-bond acceptors (Lipinski definition) is 18. The fraction of sp³-hybridized carbons (Fsp3) is 0.810. The first-order valence-corrected chi connectivity index (χ1v) is 29.0. The molecule has 3 aliphatic rings. The first-order chi connectivity index (χ1) is 37.3. The molecule has 3 heterocycles. The molecule has 17 unspecified atom stereocenters. The number of hydrogen-bond donors (Lipinski definition) is 12. The molecule has 77 heavy (non-hydrogen) atoms. The van der Waals surface area contributed by atoms with Gasteiger partial charge in [0.25, 0.3) is 0 Å². The molecule has 17 atom stereocenters. The number of allylic oxidation sites excluding steroid dienone is 9. The fourth-order valence-electron chi connectivity index (χ4n) is 9.53. The minimum atomic E-state index is -1.98. The average molecular weight is 1100 g/mol. The molecular weight excluding hydrogens is 999 g/mol. The highest BCUT2D eigenvalue weighted by atomic mass is 16.8. The normalized spacial score (nSPS) is 31.2. The zero-order chi connectivity index (χ0) is 56.2. The monoisotopic (exact) mass is 1100 g/mol. The Bertz CT molecular complexity index is 1650. The van der Waals surface area contributed by atoms with Crippen LogP contribution in [0.5, 0.6) is 0 Å². The molecule has 1 amide bonds. The molecule has 0 aliphatic carbocycles. The molecular formula is C58H101NO18. The van der Waals surface area contributed by atoms with Crippen LogP contribution in [0.25, 0.3) is 0 Å². The van der Waals surface area contributed by atoms with Crippen LogP contribution in [0.2, 0.25) is 0 Å². The van der Waals surface area contributed by atoms with Crippen molar-refractivity contribution in [3.05, 3.63) is 60.8 Å². The average Bonchev–Trinajstić information content (AvgIpc) is 3.43. The van der Waals surface area contributed by atoms with Gasteiger partial charge in [0.15, 0.2) is 18.9 Å². The molecule has 3 fully saturated rings. The molecule has 0 aromatic heterocycles. The molecule has 3 saturated heterocycles. The van der Waals surface area contributed by atoms with E-state index in [9.17, 15) is 61.0 Å². The lowest BCUT2D eigenvalue weighted by molar-refractivity contribution is -0.379. The quantitative estimate of drug-likeness (QED) is 0.0297. The van der Waals surface area contributed by atoms with Crippen LogP contribution in [0.15, 0.2) is 60.8 Å². The third-order valence-electron chi connectivity index (χ3n) is 14.3. The summed E-state index contributed by atoms with van der Waals surface area (Å²) in [6.45, 7) is 1.51. The van der Waals surface area contributed by atoms with E-state index in [-0.39, 0.29) is 18.9 Å². The number of aliphatic hydroxyl groups is 11. The molecule has 0 spiro atoms. The lowest BCUT2D eigenvalue weighted by Crippen LogP contribution is -2.66. The van der Waals surface area contributed by atoms with Gasteiger partial charge in [-0.05, 0) is 57.8 Å². The van der Waals surface area contributed by atoms with Crippen molar-refractivity contribution in [2.45, 2.75) is 272 Å². The minimum Gasteiger partial charge on any atom is -0.394 e. The topological polar surface area (TPSA) is 307 Å². The third-order valence-corrected chi connectivity index (χ3v) is 14.3. The highest BCUT2D eigenvalue weighted by Crippen LogP contribution is 2.33. The number of rotatable bonds is 41. The molecule has 19 heteroatoms. The van der Waals surface area contributed by atoms with Gasteiger partial charge in [-0.1, -0.05) is 164 Å². The molecule has 0 saturated carbocycles. The van der Waals surface area contributed by atoms with Gasteiger partial charge in [-0.3, -0.25) is 4.79 Å². The molecule has 12 N–H and O–H groups in total. The van der Waals surface area contributed by atoms with Crippen LogP contribution in [-0.2, 0) is 33.2 Å². The molecule has 0 bridgehead atoms. The predicted molar refractivity (Wildman–Crippen MR) is 291 cm³/mol. The Morgan fingerprint density at radius 3 is 1.40 bits per heavy atom. The highest BCUT2D eigenvalue weighted by Gasteiger charge is 2.53. The molecule has 446 valence electrons. The summed E-state index contributed by atoms with van der Waals surface area (Å²) < 4.78 is 34.1. The Kier molecular flexibility index (Phi) is 37.0. The van der Waals surface area contributed by atoms with Gasteiger partial charge in [0.05, 0.1) is 38.6 Å². The summed E-state index contributed by atoms with van der Waals surface area (Å²) in [4.78, 5) is 13.2. The van der Waals surface area contributed by atoms with Crippen LogP contribution in [0.4, 0.5) is 0 Å². The van der Waals surface area contributed by atoms with Crippen LogP contribution in [-0.4, -0.2) is 193 Å². The summed E-state index contributed by atoms with van der Waals surface area (Å²) in [5.74, 6) is -0.286. The van der Waals surface area contributed by atoms with Gasteiger partial charge in [-0.25, -0.2) is 0 Å². The maximum Gasteiger partial charge on any atom is 0.220 e. The number of aliphatic hydroxyl groups excluding tert-OH is 11. The van der Waals surface area contributed by atoms with Crippen molar-refractivity contribution in [3.63, 3.8) is 0 Å². The van der Waals surface area contributed by atoms with E-state index in [1.165, 1.54) is 51.4 Å². The Morgan fingerprint density at radius 2 is 0.896 bits per heavy atom. The lowest BCUT2D eigenvalue weighted by Gasteiger charge is -2.48. The second-order valence-electron chi connectivity index (χ2n) is 20.7. The van der Waals surface area contributed by atoms with Crippen molar-refractivity contribution < 1.29 is 89.4 Å². The smallest absolute Gasteiger partial charge is 0.220 e. The number of unbranched alkanes of at least 4 members (excludes halogenated alkanes) is 17. The standard InChI is InChI=1S/C58H101NO18/c1-3-5-7-9-11-12-13-14-15-16-17-18-19-20-21-22-23-24-25-26-27-28-30-32-34-36-46(64)59-41(42(63)35-33-31-29-10-8-6-4-2)40-72-56-52(70)49(67)54(44(38-61)74-56)77-58-53(71)50(68)55(45(39-62)75-58)76-57-51(69)48(66)47(65)43(37-60)73-57/h5,7,11-12,14-15,17-18,33,35,41-45,47-58,60-63,65-71H,3-4,6,8-10,13,16,19-32,34,36-40H2,1-2H3,(H,59,64)/b7-5-,12-11-,15-14-,18-17-,35-33+. The molecule has 0 aromatic carbocycles. The first kappa shape index (κ1) is 68.8. The van der Waals surface area contributed by atoms with Gasteiger partial charge in [-0.15, -0.1) is 0 Å². The van der Waals surface area contributed by atoms with Gasteiger partial charge in [0.2, 0.25) is 5.91 Å². The van der Waals surface area contributed by atoms with Crippen molar-refractivity contribution in [1.82, 2.24) is 5.32 Å². The van der Waals surface area contributed by atoms with Gasteiger partial charge in [0.1, 0.15) is 73.2 Å². The predicted octanol–water partition coefficient (Wildman–Crippen LogP) is 4.48. The van der Waals surface area contributed by atoms with E-state index in [2.05, 4.69) is 67.8 Å². The van der Waals surface area contributed by atoms with Gasteiger partial charge in [0, 0.05) is 6.42 Å². The second kappa shape index (κ2) is 41.5. The zero-order valence-corrected chi connectivity index (χ0v) is 46.2. The lowest BCUT2D eigenvalue weighted by atomic mass is 9.96. The van der Waals surface area contributed by atoms with E-state index >= 15 is 0 Å².